The van der Waals surface area contributed by atoms with E-state index in [0.29, 0.717) is 18.2 Å². The summed E-state index contributed by atoms with van der Waals surface area (Å²) in [5.74, 6) is 6.22. The Morgan fingerprint density at radius 1 is 1.50 bits per heavy atom. The maximum atomic E-state index is 11.0. The lowest BCUT2D eigenvalue weighted by atomic mass is 9.85. The second-order valence-corrected chi connectivity index (χ2v) is 4.41. The van der Waals surface area contributed by atoms with E-state index >= 15 is 0 Å². The first-order chi connectivity index (χ1) is 8.61. The van der Waals surface area contributed by atoms with Gasteiger partial charge in [0, 0.05) is 6.54 Å². The van der Waals surface area contributed by atoms with E-state index in [1.807, 2.05) is 0 Å². The zero-order chi connectivity index (χ0) is 13.1. The summed E-state index contributed by atoms with van der Waals surface area (Å²) in [4.78, 5) is 18.4. The van der Waals surface area contributed by atoms with Crippen molar-refractivity contribution in [2.45, 2.75) is 26.2 Å². The molecule has 0 aromatic carbocycles. The first-order valence-electron chi connectivity index (χ1n) is 5.85. The zero-order valence-electron chi connectivity index (χ0n) is 10.1. The number of hydrogen-bond donors (Lipinski definition) is 3. The average Bonchev–Trinajstić information content (AvgIpc) is 2.25. The Morgan fingerprint density at radius 2 is 2.22 bits per heavy atom. The molecule has 8 nitrogen and oxygen atoms in total. The predicted molar refractivity (Wildman–Crippen MR) is 67.1 cm³/mol. The Kier molecular flexibility index (Phi) is 3.56. The highest BCUT2D eigenvalue weighted by molar-refractivity contribution is 5.60. The number of nitro groups is 1. The fourth-order valence-electron chi connectivity index (χ4n) is 1.91. The minimum atomic E-state index is -0.473. The molecule has 0 saturated heterocycles. The molecule has 0 unspecified atom stereocenters. The monoisotopic (exact) mass is 252 g/mol. The van der Waals surface area contributed by atoms with Gasteiger partial charge in [-0.1, -0.05) is 6.42 Å². The van der Waals surface area contributed by atoms with Crippen LogP contribution in [0.4, 0.5) is 17.5 Å². The Balaban J connectivity index is 2.23. The molecule has 2 rings (SSSR count). The molecular weight excluding hydrogens is 236 g/mol. The lowest BCUT2D eigenvalue weighted by Crippen LogP contribution is -2.22. The Morgan fingerprint density at radius 3 is 2.72 bits per heavy atom. The van der Waals surface area contributed by atoms with Gasteiger partial charge in [0.2, 0.25) is 11.8 Å². The molecule has 1 aliphatic rings. The van der Waals surface area contributed by atoms with E-state index in [9.17, 15) is 10.1 Å². The van der Waals surface area contributed by atoms with Crippen molar-refractivity contribution in [2.75, 3.05) is 17.3 Å². The number of nitrogens with one attached hydrogen (secondary N) is 2. The van der Waals surface area contributed by atoms with Crippen LogP contribution in [0.15, 0.2) is 0 Å². The molecule has 1 aromatic rings. The summed E-state index contributed by atoms with van der Waals surface area (Å²) in [5, 5.41) is 14.0. The van der Waals surface area contributed by atoms with Gasteiger partial charge >= 0.3 is 5.69 Å². The molecule has 4 N–H and O–H groups in total. The summed E-state index contributed by atoms with van der Waals surface area (Å²) in [6.45, 7) is 2.26. The fraction of sp³-hybridized carbons (Fsp3) is 0.600. The topological polar surface area (TPSA) is 119 Å². The minimum Gasteiger partial charge on any atom is -0.364 e. The molecule has 98 valence electrons. The first kappa shape index (κ1) is 12.5. The lowest BCUT2D eigenvalue weighted by molar-refractivity contribution is -0.385. The van der Waals surface area contributed by atoms with E-state index in [1.54, 1.807) is 6.92 Å². The van der Waals surface area contributed by atoms with Crippen LogP contribution in [0, 0.1) is 23.0 Å². The summed E-state index contributed by atoms with van der Waals surface area (Å²) < 4.78 is 0. The summed E-state index contributed by atoms with van der Waals surface area (Å²) in [5.41, 5.74) is 2.51. The van der Waals surface area contributed by atoms with Crippen molar-refractivity contribution >= 4 is 17.5 Å². The number of hydrogen-bond acceptors (Lipinski definition) is 7. The normalized spacial score (nSPS) is 15.0. The third kappa shape index (κ3) is 2.48. The second kappa shape index (κ2) is 5.13. The van der Waals surface area contributed by atoms with E-state index in [-0.39, 0.29) is 17.5 Å². The third-order valence-corrected chi connectivity index (χ3v) is 3.15. The average molecular weight is 252 g/mol. The highest BCUT2D eigenvalue weighted by Crippen LogP contribution is 2.30. The highest BCUT2D eigenvalue weighted by Gasteiger charge is 2.24. The minimum absolute atomic E-state index is 0.0895. The number of nitrogens with two attached hydrogens (primary N) is 1. The highest BCUT2D eigenvalue weighted by atomic mass is 16.6. The summed E-state index contributed by atoms with van der Waals surface area (Å²) >= 11 is 0. The Bertz CT molecular complexity index is 460. The maximum Gasteiger partial charge on any atom is 0.332 e. The van der Waals surface area contributed by atoms with Gasteiger partial charge in [-0.2, -0.15) is 4.98 Å². The third-order valence-electron chi connectivity index (χ3n) is 3.15. The molecule has 0 atom stereocenters. The van der Waals surface area contributed by atoms with Crippen molar-refractivity contribution in [1.82, 2.24) is 9.97 Å². The van der Waals surface area contributed by atoms with Crippen molar-refractivity contribution in [3.8, 4) is 0 Å². The van der Waals surface area contributed by atoms with Crippen LogP contribution in [0.3, 0.4) is 0 Å². The van der Waals surface area contributed by atoms with Crippen molar-refractivity contribution in [1.29, 1.82) is 0 Å². The molecule has 1 aliphatic carbocycles. The number of hydrazine groups is 1. The van der Waals surface area contributed by atoms with Crippen molar-refractivity contribution in [3.05, 3.63) is 15.8 Å². The van der Waals surface area contributed by atoms with Gasteiger partial charge in [0.25, 0.3) is 0 Å². The fourth-order valence-corrected chi connectivity index (χ4v) is 1.91. The number of aryl methyl sites for hydroxylation is 1. The lowest BCUT2D eigenvalue weighted by Gasteiger charge is -2.25. The summed E-state index contributed by atoms with van der Waals surface area (Å²) in [6, 6.07) is 0. The molecule has 8 heteroatoms. The van der Waals surface area contributed by atoms with Crippen LogP contribution >= 0.6 is 0 Å². The molecule has 1 fully saturated rings. The molecular formula is C10H16N6O2. The molecule has 1 aromatic heterocycles. The maximum absolute atomic E-state index is 11.0. The zero-order valence-corrected chi connectivity index (χ0v) is 10.1. The van der Waals surface area contributed by atoms with Crippen LogP contribution in [-0.2, 0) is 0 Å². The number of nitrogens with zero attached hydrogens (tertiary/aromatic N) is 3. The van der Waals surface area contributed by atoms with Gasteiger partial charge in [-0.15, -0.1) is 0 Å². The number of rotatable bonds is 5. The molecule has 1 saturated carbocycles. The van der Waals surface area contributed by atoms with E-state index < -0.39 is 4.92 Å². The van der Waals surface area contributed by atoms with Gasteiger partial charge in [-0.05, 0) is 25.7 Å². The second-order valence-electron chi connectivity index (χ2n) is 4.41. The van der Waals surface area contributed by atoms with Crippen LogP contribution in [-0.4, -0.2) is 21.4 Å². The summed E-state index contributed by atoms with van der Waals surface area (Å²) in [7, 11) is 0. The molecule has 18 heavy (non-hydrogen) atoms. The van der Waals surface area contributed by atoms with Gasteiger partial charge in [0.15, 0.2) is 0 Å². The Hall–Kier alpha value is -1.96. The number of anilines is 2. The van der Waals surface area contributed by atoms with Crippen LogP contribution in [0.1, 0.15) is 25.0 Å². The predicted octanol–water partition coefficient (Wildman–Crippen LogP) is 1.19. The molecule has 0 bridgehead atoms. The first-order valence-corrected chi connectivity index (χ1v) is 5.85. The van der Waals surface area contributed by atoms with Gasteiger partial charge in [-0.3, -0.25) is 15.5 Å². The number of nitrogen functional groups attached to an aromatic ring is 1. The van der Waals surface area contributed by atoms with E-state index in [4.69, 9.17) is 5.84 Å². The van der Waals surface area contributed by atoms with Crippen molar-refractivity contribution in [2.24, 2.45) is 11.8 Å². The van der Waals surface area contributed by atoms with Crippen LogP contribution in [0.25, 0.3) is 0 Å². The SMILES string of the molecule is Cc1nc(NN)nc(NCC2CCC2)c1[N+](=O)[O-]. The van der Waals surface area contributed by atoms with Crippen molar-refractivity contribution < 1.29 is 4.92 Å². The van der Waals surface area contributed by atoms with E-state index in [2.05, 4.69) is 20.7 Å². The molecule has 0 radical (unpaired) electrons. The molecule has 1 heterocycles. The molecule has 0 amide bonds. The van der Waals surface area contributed by atoms with Crippen LogP contribution in [0.5, 0.6) is 0 Å². The van der Waals surface area contributed by atoms with Crippen molar-refractivity contribution in [3.63, 3.8) is 0 Å². The summed E-state index contributed by atoms with van der Waals surface area (Å²) in [6.07, 6.45) is 3.55. The van der Waals surface area contributed by atoms with Crippen LogP contribution in [0.2, 0.25) is 0 Å². The van der Waals surface area contributed by atoms with E-state index in [1.165, 1.54) is 6.42 Å². The molecule has 0 spiro atoms. The quantitative estimate of drug-likeness (QED) is 0.409. The molecule has 0 aliphatic heterocycles. The standard InChI is InChI=1S/C10H16N6O2/c1-6-8(16(17)18)9(14-10(13-6)15-11)12-5-7-3-2-4-7/h7H,2-5,11H2,1H3,(H2,12,13,14,15). The smallest absolute Gasteiger partial charge is 0.332 e. The largest absolute Gasteiger partial charge is 0.364 e. The van der Waals surface area contributed by atoms with Gasteiger partial charge in [0.1, 0.15) is 5.69 Å². The number of aromatic nitrogens is 2. The Labute approximate surface area is 104 Å². The van der Waals surface area contributed by atoms with Gasteiger partial charge in [0.05, 0.1) is 4.92 Å². The van der Waals surface area contributed by atoms with E-state index in [0.717, 1.165) is 12.8 Å². The van der Waals surface area contributed by atoms with Gasteiger partial charge < -0.3 is 5.32 Å². The van der Waals surface area contributed by atoms with Crippen LogP contribution < -0.4 is 16.6 Å². The van der Waals surface area contributed by atoms with Gasteiger partial charge in [-0.25, -0.2) is 10.8 Å².